The molecule has 0 atom stereocenters. The van der Waals surface area contributed by atoms with Gasteiger partial charge < -0.3 is 11.1 Å². The highest BCUT2D eigenvalue weighted by Crippen LogP contribution is 2.13. The summed E-state index contributed by atoms with van der Waals surface area (Å²) < 4.78 is 34.4. The minimum absolute atomic E-state index is 0.0815. The zero-order valence-electron chi connectivity index (χ0n) is 6.03. The smallest absolute Gasteiger partial charge is 0.388 e. The Bertz CT molecular complexity index is 189. The van der Waals surface area contributed by atoms with E-state index in [4.69, 9.17) is 11.1 Å². The summed E-state index contributed by atoms with van der Waals surface area (Å²) in [5, 5.41) is 8.21. The number of hydrogen-bond donors (Lipinski definition) is 3. The van der Waals surface area contributed by atoms with Crippen molar-refractivity contribution in [3.05, 3.63) is 0 Å². The molecule has 0 aromatic carbocycles. The number of carbonyl (C=O) groups is 1. The van der Waals surface area contributed by atoms with Crippen molar-refractivity contribution in [2.75, 3.05) is 6.54 Å². The Kier molecular flexibility index (Phi) is 3.52. The van der Waals surface area contributed by atoms with E-state index in [9.17, 15) is 18.0 Å². The highest BCUT2D eigenvalue weighted by Gasteiger charge is 2.38. The SMILES string of the molecule is N=C(N)CCNC(=O)C(F)(F)F. The molecule has 0 bridgehead atoms. The Morgan fingerprint density at radius 3 is 2.33 bits per heavy atom. The Morgan fingerprint density at radius 1 is 1.50 bits per heavy atom. The second kappa shape index (κ2) is 3.93. The van der Waals surface area contributed by atoms with Gasteiger partial charge in [-0.15, -0.1) is 0 Å². The van der Waals surface area contributed by atoms with Gasteiger partial charge in [-0.3, -0.25) is 10.2 Å². The maximum absolute atomic E-state index is 11.5. The number of hydrogen-bond acceptors (Lipinski definition) is 2. The molecule has 0 aromatic heterocycles. The maximum Gasteiger partial charge on any atom is 0.471 e. The first kappa shape index (κ1) is 10.7. The predicted molar refractivity (Wildman–Crippen MR) is 35.6 cm³/mol. The molecule has 0 spiro atoms. The molecule has 1 amide bonds. The van der Waals surface area contributed by atoms with Crippen molar-refractivity contribution in [3.63, 3.8) is 0 Å². The molecule has 0 aromatic rings. The molecule has 0 unspecified atom stereocenters. The summed E-state index contributed by atoms with van der Waals surface area (Å²) in [6.45, 7) is -0.270. The van der Waals surface area contributed by atoms with Crippen LogP contribution in [0.15, 0.2) is 0 Å². The van der Waals surface area contributed by atoms with Crippen molar-refractivity contribution in [1.82, 2.24) is 5.32 Å². The highest BCUT2D eigenvalue weighted by atomic mass is 19.4. The van der Waals surface area contributed by atoms with Crippen LogP contribution < -0.4 is 11.1 Å². The van der Waals surface area contributed by atoms with Crippen LogP contribution in [0, 0.1) is 5.41 Å². The topological polar surface area (TPSA) is 79.0 Å². The quantitative estimate of drug-likeness (QED) is 0.425. The maximum atomic E-state index is 11.5. The molecule has 0 saturated carbocycles. The lowest BCUT2D eigenvalue weighted by atomic mass is 10.4. The van der Waals surface area contributed by atoms with Crippen LogP contribution in [0.1, 0.15) is 6.42 Å². The van der Waals surface area contributed by atoms with Crippen LogP contribution in [0.5, 0.6) is 0 Å². The fraction of sp³-hybridized carbons (Fsp3) is 0.600. The third-order valence-corrected chi connectivity index (χ3v) is 0.937. The van der Waals surface area contributed by atoms with E-state index in [1.165, 1.54) is 0 Å². The molecule has 0 aliphatic heterocycles. The third-order valence-electron chi connectivity index (χ3n) is 0.937. The van der Waals surface area contributed by atoms with Gasteiger partial charge in [0.15, 0.2) is 0 Å². The standard InChI is InChI=1S/C5H8F3N3O/c6-5(7,8)4(12)11-2-1-3(9)10/h1-2H2,(H3,9,10)(H,11,12). The zero-order valence-corrected chi connectivity index (χ0v) is 6.03. The molecule has 0 rings (SSSR count). The minimum Gasteiger partial charge on any atom is -0.388 e. The first-order chi connectivity index (χ1) is 5.34. The molecular formula is C5H8F3N3O. The molecular weight excluding hydrogens is 175 g/mol. The molecule has 0 saturated heterocycles. The van der Waals surface area contributed by atoms with Crippen LogP contribution in [-0.2, 0) is 4.79 Å². The van der Waals surface area contributed by atoms with Gasteiger partial charge in [0.05, 0.1) is 5.84 Å². The van der Waals surface area contributed by atoms with Crippen molar-refractivity contribution in [2.45, 2.75) is 12.6 Å². The van der Waals surface area contributed by atoms with E-state index in [1.54, 1.807) is 5.32 Å². The summed E-state index contributed by atoms with van der Waals surface area (Å²) in [6.07, 6.45) is -4.95. The van der Waals surface area contributed by atoms with Crippen LogP contribution in [-0.4, -0.2) is 24.5 Å². The molecule has 0 aliphatic carbocycles. The van der Waals surface area contributed by atoms with E-state index < -0.39 is 12.1 Å². The van der Waals surface area contributed by atoms with E-state index in [0.717, 1.165) is 0 Å². The Morgan fingerprint density at radius 2 is 2.00 bits per heavy atom. The number of carbonyl (C=O) groups excluding carboxylic acids is 1. The van der Waals surface area contributed by atoms with Gasteiger partial charge in [-0.05, 0) is 0 Å². The summed E-state index contributed by atoms with van der Waals surface area (Å²) in [7, 11) is 0. The monoisotopic (exact) mass is 183 g/mol. The van der Waals surface area contributed by atoms with Crippen molar-refractivity contribution >= 4 is 11.7 Å². The van der Waals surface area contributed by atoms with Crippen LogP contribution >= 0.6 is 0 Å². The van der Waals surface area contributed by atoms with Crippen LogP contribution in [0.25, 0.3) is 0 Å². The molecule has 12 heavy (non-hydrogen) atoms. The normalized spacial score (nSPS) is 10.9. The summed E-state index contributed by atoms with van der Waals surface area (Å²) >= 11 is 0. The number of halogens is 3. The Balaban J connectivity index is 3.66. The average Bonchev–Trinajstić information content (AvgIpc) is 1.84. The largest absolute Gasteiger partial charge is 0.471 e. The van der Waals surface area contributed by atoms with Crippen LogP contribution in [0.3, 0.4) is 0 Å². The summed E-state index contributed by atoms with van der Waals surface area (Å²) in [6, 6.07) is 0. The van der Waals surface area contributed by atoms with Gasteiger partial charge in [0.1, 0.15) is 0 Å². The van der Waals surface area contributed by atoms with Gasteiger partial charge >= 0.3 is 12.1 Å². The molecule has 70 valence electrons. The number of nitrogens with two attached hydrogens (primary N) is 1. The fourth-order valence-corrected chi connectivity index (χ4v) is 0.411. The van der Waals surface area contributed by atoms with Gasteiger partial charge in [0.2, 0.25) is 0 Å². The average molecular weight is 183 g/mol. The number of amides is 1. The molecule has 7 heteroatoms. The molecule has 4 N–H and O–H groups in total. The van der Waals surface area contributed by atoms with E-state index >= 15 is 0 Å². The van der Waals surface area contributed by atoms with E-state index in [1.807, 2.05) is 0 Å². The zero-order chi connectivity index (χ0) is 9.78. The van der Waals surface area contributed by atoms with E-state index in [2.05, 4.69) is 0 Å². The third kappa shape index (κ3) is 4.53. The molecule has 0 aliphatic rings. The molecule has 0 fully saturated rings. The van der Waals surface area contributed by atoms with Crippen molar-refractivity contribution in [2.24, 2.45) is 5.73 Å². The molecule has 4 nitrogen and oxygen atoms in total. The van der Waals surface area contributed by atoms with Gasteiger partial charge in [-0.1, -0.05) is 0 Å². The Hall–Kier alpha value is -1.27. The number of rotatable bonds is 3. The first-order valence-electron chi connectivity index (χ1n) is 3.02. The van der Waals surface area contributed by atoms with E-state index in [0.29, 0.717) is 0 Å². The summed E-state index contributed by atoms with van der Waals surface area (Å²) in [5.41, 5.74) is 4.84. The highest BCUT2D eigenvalue weighted by molar-refractivity contribution is 5.82. The second-order valence-corrected chi connectivity index (χ2v) is 2.03. The number of amidine groups is 1. The van der Waals surface area contributed by atoms with Crippen molar-refractivity contribution in [1.29, 1.82) is 5.41 Å². The Labute approximate surface area is 66.4 Å². The lowest BCUT2D eigenvalue weighted by Crippen LogP contribution is -2.38. The minimum atomic E-state index is -4.86. The van der Waals surface area contributed by atoms with Crippen molar-refractivity contribution in [3.8, 4) is 0 Å². The van der Waals surface area contributed by atoms with Gasteiger partial charge in [0.25, 0.3) is 0 Å². The van der Waals surface area contributed by atoms with Gasteiger partial charge in [-0.25, -0.2) is 0 Å². The van der Waals surface area contributed by atoms with Crippen LogP contribution in [0.4, 0.5) is 13.2 Å². The predicted octanol–water partition coefficient (Wildman–Crippen LogP) is -0.00903. The van der Waals surface area contributed by atoms with Gasteiger partial charge in [0, 0.05) is 13.0 Å². The first-order valence-corrected chi connectivity index (χ1v) is 3.02. The fourth-order valence-electron chi connectivity index (χ4n) is 0.411. The van der Waals surface area contributed by atoms with Gasteiger partial charge in [-0.2, -0.15) is 13.2 Å². The number of alkyl halides is 3. The van der Waals surface area contributed by atoms with Crippen molar-refractivity contribution < 1.29 is 18.0 Å². The van der Waals surface area contributed by atoms with Crippen LogP contribution in [0.2, 0.25) is 0 Å². The lowest BCUT2D eigenvalue weighted by Gasteiger charge is -2.06. The second-order valence-electron chi connectivity index (χ2n) is 2.03. The summed E-state index contributed by atoms with van der Waals surface area (Å²) in [5.74, 6) is -2.28. The molecule has 0 radical (unpaired) electrons. The summed E-state index contributed by atoms with van der Waals surface area (Å²) in [4.78, 5) is 10.1. The molecule has 0 heterocycles. The number of nitrogens with one attached hydrogen (secondary N) is 2. The lowest BCUT2D eigenvalue weighted by molar-refractivity contribution is -0.173. The van der Waals surface area contributed by atoms with E-state index in [-0.39, 0.29) is 18.8 Å².